The minimum atomic E-state index is 0.319. The second-order valence-corrected chi connectivity index (χ2v) is 2.55. The summed E-state index contributed by atoms with van der Waals surface area (Å²) in [5.41, 5.74) is 0. The van der Waals surface area contributed by atoms with Gasteiger partial charge in [-0.3, -0.25) is 0 Å². The lowest BCUT2D eigenvalue weighted by Gasteiger charge is -1.94. The maximum Gasteiger partial charge on any atom is 0.0547 e. The lowest BCUT2D eigenvalue weighted by Crippen LogP contribution is -1.94. The van der Waals surface area contributed by atoms with E-state index in [4.69, 9.17) is 9.84 Å². The lowest BCUT2D eigenvalue weighted by molar-refractivity contribution is 0.125. The minimum Gasteiger partial charge on any atom is -0.396 e. The normalized spacial score (nSPS) is 23.7. The molecule has 0 spiro atoms. The number of hydrogen-bond acceptors (Lipinski definition) is 2. The van der Waals surface area contributed by atoms with Crippen molar-refractivity contribution in [3.05, 3.63) is 0 Å². The first-order valence-electron chi connectivity index (χ1n) is 4.03. The smallest absolute Gasteiger partial charge is 0.0547 e. The summed E-state index contributed by atoms with van der Waals surface area (Å²) in [5.74, 6) is 0. The molecule has 0 aromatic rings. The van der Waals surface area contributed by atoms with Gasteiger partial charge >= 0.3 is 0 Å². The van der Waals surface area contributed by atoms with E-state index >= 15 is 0 Å². The molecule has 0 aromatic heterocycles. The van der Waals surface area contributed by atoms with Crippen molar-refractivity contribution in [2.24, 2.45) is 0 Å². The molecule has 1 fully saturated rings. The van der Waals surface area contributed by atoms with Crippen LogP contribution in [0.1, 0.15) is 33.1 Å². The van der Waals surface area contributed by atoms with Gasteiger partial charge < -0.3 is 9.84 Å². The molecular formula is C8H18O2. The molecule has 0 bridgehead atoms. The van der Waals surface area contributed by atoms with Crippen LogP contribution in [0, 0.1) is 0 Å². The highest BCUT2D eigenvalue weighted by Crippen LogP contribution is 2.09. The van der Waals surface area contributed by atoms with Crippen molar-refractivity contribution in [2.75, 3.05) is 13.2 Å². The Morgan fingerprint density at radius 3 is 2.30 bits per heavy atom. The van der Waals surface area contributed by atoms with Crippen LogP contribution in [0.2, 0.25) is 0 Å². The lowest BCUT2D eigenvalue weighted by atomic mass is 10.3. The Hall–Kier alpha value is -0.0800. The first-order chi connectivity index (χ1) is 4.81. The Bertz CT molecular complexity index is 56.3. The molecule has 1 atom stereocenters. The number of aliphatic hydroxyl groups is 1. The van der Waals surface area contributed by atoms with Gasteiger partial charge in [-0.2, -0.15) is 0 Å². The molecule has 10 heavy (non-hydrogen) atoms. The number of hydrogen-bond donors (Lipinski definition) is 1. The first kappa shape index (κ1) is 9.92. The maximum atomic E-state index is 7.88. The Labute approximate surface area is 63.2 Å². The van der Waals surface area contributed by atoms with E-state index in [0.29, 0.717) is 12.7 Å². The fourth-order valence-corrected chi connectivity index (χ4v) is 0.739. The van der Waals surface area contributed by atoms with Gasteiger partial charge in [0.05, 0.1) is 6.10 Å². The number of ether oxygens (including phenoxy) is 1. The Morgan fingerprint density at radius 2 is 2.20 bits per heavy atom. The molecule has 1 rings (SSSR count). The highest BCUT2D eigenvalue weighted by Gasteiger charge is 2.07. The topological polar surface area (TPSA) is 29.5 Å². The monoisotopic (exact) mass is 146 g/mol. The van der Waals surface area contributed by atoms with E-state index in [1.54, 1.807) is 0 Å². The molecule has 0 aromatic carbocycles. The van der Waals surface area contributed by atoms with Crippen LogP contribution in [0.15, 0.2) is 0 Å². The van der Waals surface area contributed by atoms with Crippen molar-refractivity contribution in [3.63, 3.8) is 0 Å². The third kappa shape index (κ3) is 6.05. The van der Waals surface area contributed by atoms with Gasteiger partial charge in [0.2, 0.25) is 0 Å². The summed E-state index contributed by atoms with van der Waals surface area (Å²) >= 11 is 0. The third-order valence-electron chi connectivity index (χ3n) is 1.38. The summed E-state index contributed by atoms with van der Waals surface area (Å²) in [7, 11) is 0. The molecule has 0 amide bonds. The molecule has 2 nitrogen and oxygen atoms in total. The molecule has 1 unspecified atom stereocenters. The van der Waals surface area contributed by atoms with Crippen LogP contribution >= 0.6 is 0 Å². The molecule has 1 aliphatic heterocycles. The van der Waals surface area contributed by atoms with Crippen LogP contribution in [-0.4, -0.2) is 24.4 Å². The van der Waals surface area contributed by atoms with Crippen LogP contribution < -0.4 is 0 Å². The molecule has 0 radical (unpaired) electrons. The highest BCUT2D eigenvalue weighted by molar-refractivity contribution is 4.56. The van der Waals surface area contributed by atoms with Gasteiger partial charge in [0.15, 0.2) is 0 Å². The average Bonchev–Trinajstić information content (AvgIpc) is 2.40. The molecule has 1 aliphatic rings. The summed E-state index contributed by atoms with van der Waals surface area (Å²) in [5, 5.41) is 7.88. The van der Waals surface area contributed by atoms with Gasteiger partial charge in [-0.05, 0) is 26.2 Å². The predicted molar refractivity (Wildman–Crippen MR) is 42.0 cm³/mol. The van der Waals surface area contributed by atoms with Crippen molar-refractivity contribution >= 4 is 0 Å². The fourth-order valence-electron chi connectivity index (χ4n) is 0.739. The standard InChI is InChI=1S/C5H10O.C3H8O/c1-5-3-2-4-6-5;1-2-3-4/h5H,2-4H2,1H3;4H,2-3H2,1H3. The quantitative estimate of drug-likeness (QED) is 0.608. The molecule has 2 heteroatoms. The second kappa shape index (κ2) is 7.03. The molecule has 62 valence electrons. The Balaban J connectivity index is 0.000000180. The summed E-state index contributed by atoms with van der Waals surface area (Å²) < 4.78 is 5.15. The molecule has 1 N–H and O–H groups in total. The highest BCUT2D eigenvalue weighted by atomic mass is 16.5. The van der Waals surface area contributed by atoms with Crippen LogP contribution in [0.5, 0.6) is 0 Å². The summed E-state index contributed by atoms with van der Waals surface area (Å²) in [6, 6.07) is 0. The van der Waals surface area contributed by atoms with Crippen molar-refractivity contribution in [1.29, 1.82) is 0 Å². The van der Waals surface area contributed by atoms with E-state index in [9.17, 15) is 0 Å². The van der Waals surface area contributed by atoms with Gasteiger partial charge in [-0.25, -0.2) is 0 Å². The summed E-state index contributed by atoms with van der Waals surface area (Å²) in [4.78, 5) is 0. The van der Waals surface area contributed by atoms with Gasteiger partial charge in [-0.1, -0.05) is 6.92 Å². The van der Waals surface area contributed by atoms with Crippen molar-refractivity contribution in [3.8, 4) is 0 Å². The zero-order chi connectivity index (χ0) is 7.82. The minimum absolute atomic E-state index is 0.319. The molecule has 1 heterocycles. The van der Waals surface area contributed by atoms with E-state index in [1.165, 1.54) is 12.8 Å². The van der Waals surface area contributed by atoms with Crippen molar-refractivity contribution < 1.29 is 9.84 Å². The van der Waals surface area contributed by atoms with Crippen molar-refractivity contribution in [1.82, 2.24) is 0 Å². The Morgan fingerprint density at radius 1 is 1.60 bits per heavy atom. The van der Waals surface area contributed by atoms with E-state index in [1.807, 2.05) is 6.92 Å². The van der Waals surface area contributed by atoms with Crippen LogP contribution in [0.25, 0.3) is 0 Å². The number of rotatable bonds is 1. The zero-order valence-corrected chi connectivity index (χ0v) is 6.97. The van der Waals surface area contributed by atoms with Gasteiger partial charge in [0.1, 0.15) is 0 Å². The number of aliphatic hydroxyl groups excluding tert-OH is 1. The fraction of sp³-hybridized carbons (Fsp3) is 1.00. The predicted octanol–water partition coefficient (Wildman–Crippen LogP) is 1.57. The zero-order valence-electron chi connectivity index (χ0n) is 6.97. The van der Waals surface area contributed by atoms with E-state index in [2.05, 4.69) is 6.92 Å². The van der Waals surface area contributed by atoms with Gasteiger partial charge in [0, 0.05) is 13.2 Å². The van der Waals surface area contributed by atoms with Crippen LogP contribution in [-0.2, 0) is 4.74 Å². The average molecular weight is 146 g/mol. The second-order valence-electron chi connectivity index (χ2n) is 2.55. The maximum absolute atomic E-state index is 7.88. The van der Waals surface area contributed by atoms with E-state index < -0.39 is 0 Å². The van der Waals surface area contributed by atoms with Gasteiger partial charge in [-0.15, -0.1) is 0 Å². The van der Waals surface area contributed by atoms with E-state index in [0.717, 1.165) is 13.0 Å². The van der Waals surface area contributed by atoms with Gasteiger partial charge in [0.25, 0.3) is 0 Å². The first-order valence-corrected chi connectivity index (χ1v) is 4.03. The SMILES string of the molecule is CC1CCCO1.CCCO. The molecular weight excluding hydrogens is 128 g/mol. The summed E-state index contributed by atoms with van der Waals surface area (Å²) in [6.07, 6.45) is 3.95. The largest absolute Gasteiger partial charge is 0.396 e. The molecule has 0 saturated carbocycles. The Kier molecular flexibility index (Phi) is 6.98. The molecule has 0 aliphatic carbocycles. The molecule has 1 saturated heterocycles. The van der Waals surface area contributed by atoms with Crippen LogP contribution in [0.3, 0.4) is 0 Å². The van der Waals surface area contributed by atoms with Crippen LogP contribution in [0.4, 0.5) is 0 Å². The van der Waals surface area contributed by atoms with E-state index in [-0.39, 0.29) is 0 Å². The third-order valence-corrected chi connectivity index (χ3v) is 1.38. The van der Waals surface area contributed by atoms with Crippen molar-refractivity contribution in [2.45, 2.75) is 39.2 Å². The summed E-state index contributed by atoms with van der Waals surface area (Å²) in [6.45, 7) is 5.36.